The number of rotatable bonds is 2. The van der Waals surface area contributed by atoms with Gasteiger partial charge in [-0.3, -0.25) is 0 Å². The molecule has 2 saturated heterocycles. The van der Waals surface area contributed by atoms with Crippen molar-refractivity contribution in [3.63, 3.8) is 0 Å². The van der Waals surface area contributed by atoms with E-state index in [0.717, 1.165) is 41.8 Å². The second-order valence-electron chi connectivity index (χ2n) is 4.66. The zero-order valence-electron chi connectivity index (χ0n) is 9.47. The highest BCUT2D eigenvalue weighted by Crippen LogP contribution is 2.31. The van der Waals surface area contributed by atoms with Crippen molar-refractivity contribution in [1.82, 2.24) is 4.98 Å². The molecule has 3 heterocycles. The van der Waals surface area contributed by atoms with Crippen molar-refractivity contribution < 1.29 is 9.84 Å². The number of hydrogen-bond donors (Lipinski definition) is 1. The fraction of sp³-hybridized carbons (Fsp3) is 0.583. The average molecular weight is 299 g/mol. The second kappa shape index (κ2) is 4.55. The Labute approximate surface area is 109 Å². The normalized spacial score (nSPS) is 27.5. The summed E-state index contributed by atoms with van der Waals surface area (Å²) in [5.74, 6) is 0.899. The van der Waals surface area contributed by atoms with Crippen molar-refractivity contribution in [3.05, 3.63) is 22.3 Å². The van der Waals surface area contributed by atoms with Gasteiger partial charge in [0.15, 0.2) is 0 Å². The van der Waals surface area contributed by atoms with Crippen LogP contribution in [0.5, 0.6) is 0 Å². The fourth-order valence-electron chi connectivity index (χ4n) is 2.66. The average Bonchev–Trinajstić information content (AvgIpc) is 2.68. The fourth-order valence-corrected chi connectivity index (χ4v) is 3.04. The number of aliphatic hydroxyl groups is 1. The van der Waals surface area contributed by atoms with E-state index in [2.05, 4.69) is 25.8 Å². The Morgan fingerprint density at radius 3 is 2.76 bits per heavy atom. The van der Waals surface area contributed by atoms with Crippen LogP contribution in [0, 0.1) is 0 Å². The van der Waals surface area contributed by atoms with Gasteiger partial charge in [0.25, 0.3) is 0 Å². The molecular weight excluding hydrogens is 284 g/mol. The molecule has 1 aromatic rings. The zero-order valence-corrected chi connectivity index (χ0v) is 11.1. The van der Waals surface area contributed by atoms with Crippen LogP contribution in [0.1, 0.15) is 18.4 Å². The molecular formula is C12H15BrN2O2. The lowest BCUT2D eigenvalue weighted by Crippen LogP contribution is -2.43. The lowest BCUT2D eigenvalue weighted by atomic mass is 10.2. The van der Waals surface area contributed by atoms with Crippen molar-refractivity contribution in [2.45, 2.75) is 31.7 Å². The van der Waals surface area contributed by atoms with Crippen LogP contribution in [0.15, 0.2) is 16.7 Å². The maximum atomic E-state index is 9.40. The first-order valence-corrected chi connectivity index (χ1v) is 6.71. The number of fused-ring (bicyclic) bond motifs is 2. The molecule has 2 atom stereocenters. The van der Waals surface area contributed by atoms with Crippen LogP contribution in [0.3, 0.4) is 0 Å². The van der Waals surface area contributed by atoms with Gasteiger partial charge in [0.2, 0.25) is 0 Å². The predicted molar refractivity (Wildman–Crippen MR) is 68.0 cm³/mol. The third-order valence-corrected chi connectivity index (χ3v) is 3.86. The molecule has 0 amide bonds. The molecule has 4 nitrogen and oxygen atoms in total. The van der Waals surface area contributed by atoms with Crippen LogP contribution in [-0.2, 0) is 11.3 Å². The van der Waals surface area contributed by atoms with Gasteiger partial charge in [0, 0.05) is 29.3 Å². The van der Waals surface area contributed by atoms with E-state index in [4.69, 9.17) is 4.74 Å². The van der Waals surface area contributed by atoms with Gasteiger partial charge in [-0.2, -0.15) is 0 Å². The van der Waals surface area contributed by atoms with Crippen molar-refractivity contribution >= 4 is 21.7 Å². The van der Waals surface area contributed by atoms with Gasteiger partial charge in [-0.05, 0) is 34.8 Å². The molecule has 1 N–H and O–H groups in total. The van der Waals surface area contributed by atoms with Gasteiger partial charge < -0.3 is 14.7 Å². The minimum Gasteiger partial charge on any atom is -0.392 e. The van der Waals surface area contributed by atoms with Crippen molar-refractivity contribution in [2.24, 2.45) is 0 Å². The van der Waals surface area contributed by atoms with Crippen LogP contribution >= 0.6 is 15.9 Å². The first kappa shape index (κ1) is 11.4. The van der Waals surface area contributed by atoms with Gasteiger partial charge in [-0.15, -0.1) is 0 Å². The van der Waals surface area contributed by atoms with E-state index in [1.54, 1.807) is 6.20 Å². The van der Waals surface area contributed by atoms with E-state index >= 15 is 0 Å². The van der Waals surface area contributed by atoms with Crippen LogP contribution in [0.4, 0.5) is 5.82 Å². The smallest absolute Gasteiger partial charge is 0.134 e. The van der Waals surface area contributed by atoms with Gasteiger partial charge in [0.05, 0.1) is 18.8 Å². The highest BCUT2D eigenvalue weighted by Gasteiger charge is 2.34. The molecule has 2 aliphatic heterocycles. The maximum Gasteiger partial charge on any atom is 0.134 e. The van der Waals surface area contributed by atoms with Gasteiger partial charge >= 0.3 is 0 Å². The van der Waals surface area contributed by atoms with Gasteiger partial charge in [0.1, 0.15) is 5.82 Å². The SMILES string of the molecule is OCc1cc(Br)cnc1N1CC2CCC(C1)O2. The van der Waals surface area contributed by atoms with Crippen LogP contribution in [0.2, 0.25) is 0 Å². The number of aromatic nitrogens is 1. The molecule has 0 radical (unpaired) electrons. The Kier molecular flexibility index (Phi) is 3.06. The summed E-state index contributed by atoms with van der Waals surface area (Å²) in [5.41, 5.74) is 0.876. The quantitative estimate of drug-likeness (QED) is 0.903. The van der Waals surface area contributed by atoms with E-state index in [1.807, 2.05) is 6.07 Å². The van der Waals surface area contributed by atoms with Crippen LogP contribution in [0.25, 0.3) is 0 Å². The number of morpholine rings is 1. The Balaban J connectivity index is 1.88. The Morgan fingerprint density at radius 1 is 1.41 bits per heavy atom. The summed E-state index contributed by atoms with van der Waals surface area (Å²) in [6.07, 6.45) is 4.75. The molecule has 2 unspecified atom stereocenters. The molecule has 2 fully saturated rings. The summed E-state index contributed by atoms with van der Waals surface area (Å²) in [6, 6.07) is 1.93. The summed E-state index contributed by atoms with van der Waals surface area (Å²) in [5, 5.41) is 9.40. The number of hydrogen-bond acceptors (Lipinski definition) is 4. The number of anilines is 1. The van der Waals surface area contributed by atoms with E-state index in [-0.39, 0.29) is 6.61 Å². The topological polar surface area (TPSA) is 45.6 Å². The molecule has 92 valence electrons. The largest absolute Gasteiger partial charge is 0.392 e. The third-order valence-electron chi connectivity index (χ3n) is 3.42. The van der Waals surface area contributed by atoms with E-state index in [0.29, 0.717) is 12.2 Å². The Hall–Kier alpha value is -0.650. The first-order chi connectivity index (χ1) is 8.26. The van der Waals surface area contributed by atoms with Crippen molar-refractivity contribution in [2.75, 3.05) is 18.0 Å². The van der Waals surface area contributed by atoms with Gasteiger partial charge in [-0.25, -0.2) is 4.98 Å². The number of nitrogens with zero attached hydrogens (tertiary/aromatic N) is 2. The highest BCUT2D eigenvalue weighted by molar-refractivity contribution is 9.10. The van der Waals surface area contributed by atoms with Gasteiger partial charge in [-0.1, -0.05) is 0 Å². The number of ether oxygens (including phenoxy) is 1. The molecule has 0 spiro atoms. The zero-order chi connectivity index (χ0) is 11.8. The molecule has 1 aromatic heterocycles. The monoisotopic (exact) mass is 298 g/mol. The predicted octanol–water partition coefficient (Wildman–Crippen LogP) is 1.70. The summed E-state index contributed by atoms with van der Waals surface area (Å²) in [7, 11) is 0. The molecule has 5 heteroatoms. The molecule has 0 aliphatic carbocycles. The second-order valence-corrected chi connectivity index (χ2v) is 5.57. The molecule has 0 aromatic carbocycles. The lowest BCUT2D eigenvalue weighted by molar-refractivity contribution is 0.0301. The number of halogens is 1. The minimum atomic E-state index is 0.0223. The lowest BCUT2D eigenvalue weighted by Gasteiger charge is -2.34. The van der Waals surface area contributed by atoms with E-state index in [1.165, 1.54) is 0 Å². The number of aliphatic hydroxyl groups excluding tert-OH is 1. The molecule has 3 rings (SSSR count). The minimum absolute atomic E-state index is 0.0223. The Bertz CT molecular complexity index is 415. The third kappa shape index (κ3) is 2.19. The molecule has 0 saturated carbocycles. The summed E-state index contributed by atoms with van der Waals surface area (Å²) in [4.78, 5) is 6.67. The standard InChI is InChI=1S/C12H15BrN2O2/c13-9-3-8(7-16)12(14-4-9)15-5-10-1-2-11(6-15)17-10/h3-4,10-11,16H,1-2,5-7H2. The van der Waals surface area contributed by atoms with Crippen LogP contribution in [-0.4, -0.2) is 35.4 Å². The highest BCUT2D eigenvalue weighted by atomic mass is 79.9. The van der Waals surface area contributed by atoms with E-state index in [9.17, 15) is 5.11 Å². The maximum absolute atomic E-state index is 9.40. The first-order valence-electron chi connectivity index (χ1n) is 5.92. The summed E-state index contributed by atoms with van der Waals surface area (Å²) < 4.78 is 6.71. The number of pyridine rings is 1. The summed E-state index contributed by atoms with van der Waals surface area (Å²) >= 11 is 3.38. The van der Waals surface area contributed by atoms with Crippen molar-refractivity contribution in [3.8, 4) is 0 Å². The molecule has 2 bridgehead atoms. The van der Waals surface area contributed by atoms with Crippen molar-refractivity contribution in [1.29, 1.82) is 0 Å². The molecule has 2 aliphatic rings. The van der Waals surface area contributed by atoms with E-state index < -0.39 is 0 Å². The Morgan fingerprint density at radius 2 is 2.12 bits per heavy atom. The molecule has 17 heavy (non-hydrogen) atoms. The summed E-state index contributed by atoms with van der Waals surface area (Å²) in [6.45, 7) is 1.80. The van der Waals surface area contributed by atoms with Crippen LogP contribution < -0.4 is 4.90 Å².